The maximum absolute atomic E-state index is 12.8. The van der Waals surface area contributed by atoms with Crippen molar-refractivity contribution in [2.75, 3.05) is 0 Å². The second-order valence-corrected chi connectivity index (χ2v) is 3.28. The van der Waals surface area contributed by atoms with Gasteiger partial charge in [-0.3, -0.25) is 0 Å². The summed E-state index contributed by atoms with van der Waals surface area (Å²) in [6.07, 6.45) is 0. The van der Waals surface area contributed by atoms with E-state index in [0.717, 1.165) is 0 Å². The maximum Gasteiger partial charge on any atom is 0.165 e. The minimum absolute atomic E-state index is 0.254. The van der Waals surface area contributed by atoms with Gasteiger partial charge in [0.05, 0.1) is 0 Å². The molecule has 0 saturated heterocycles. The third-order valence-corrected chi connectivity index (χ3v) is 1.77. The van der Waals surface area contributed by atoms with Crippen molar-refractivity contribution in [3.63, 3.8) is 0 Å². The molecule has 0 atom stereocenters. The van der Waals surface area contributed by atoms with E-state index in [2.05, 4.69) is 5.32 Å². The fraction of sp³-hybridized carbons (Fsp3) is 0.400. The van der Waals surface area contributed by atoms with Gasteiger partial charge in [-0.2, -0.15) is 0 Å². The number of nitrogens with one attached hydrogen (secondary N) is 1. The van der Waals surface area contributed by atoms with Gasteiger partial charge in [-0.05, 0) is 6.07 Å². The first-order chi connectivity index (χ1) is 6.11. The quantitative estimate of drug-likeness (QED) is 0.751. The summed E-state index contributed by atoms with van der Waals surface area (Å²) < 4.78 is 12.8. The number of benzene rings is 1. The Morgan fingerprint density at radius 1 is 1.46 bits per heavy atom. The van der Waals surface area contributed by atoms with Gasteiger partial charge in [0.25, 0.3) is 0 Å². The van der Waals surface area contributed by atoms with Gasteiger partial charge in [-0.1, -0.05) is 26.0 Å². The first kappa shape index (κ1) is 9.99. The van der Waals surface area contributed by atoms with Crippen molar-refractivity contribution in [3.05, 3.63) is 29.6 Å². The molecule has 0 aliphatic carbocycles. The molecule has 0 heterocycles. The molecule has 13 heavy (non-hydrogen) atoms. The summed E-state index contributed by atoms with van der Waals surface area (Å²) in [4.78, 5) is 0. The molecular weight excluding hydrogens is 169 g/mol. The molecule has 72 valence electrons. The number of hydrogen-bond donors (Lipinski definition) is 2. The second-order valence-electron chi connectivity index (χ2n) is 3.28. The summed E-state index contributed by atoms with van der Waals surface area (Å²) in [5.74, 6) is -0.821. The Balaban J connectivity index is 2.71. The van der Waals surface area contributed by atoms with E-state index in [1.54, 1.807) is 12.1 Å². The summed E-state index contributed by atoms with van der Waals surface area (Å²) in [5.41, 5.74) is 0.591. The molecule has 0 aliphatic rings. The molecule has 1 aromatic carbocycles. The Bertz CT molecular complexity index is 286. The van der Waals surface area contributed by atoms with Crippen LogP contribution in [-0.4, -0.2) is 11.1 Å². The van der Waals surface area contributed by atoms with Crippen LogP contribution >= 0.6 is 0 Å². The predicted octanol–water partition coefficient (Wildman–Crippen LogP) is 2.03. The smallest absolute Gasteiger partial charge is 0.165 e. The number of rotatable bonds is 3. The van der Waals surface area contributed by atoms with E-state index in [1.165, 1.54) is 6.07 Å². The Morgan fingerprint density at radius 2 is 2.15 bits per heavy atom. The third kappa shape index (κ3) is 2.70. The largest absolute Gasteiger partial charge is 0.505 e. The van der Waals surface area contributed by atoms with Gasteiger partial charge < -0.3 is 10.4 Å². The van der Waals surface area contributed by atoms with Gasteiger partial charge >= 0.3 is 0 Å². The molecule has 0 unspecified atom stereocenters. The minimum atomic E-state index is -0.567. The third-order valence-electron chi connectivity index (χ3n) is 1.77. The van der Waals surface area contributed by atoms with Crippen LogP contribution < -0.4 is 5.32 Å². The Hall–Kier alpha value is -1.09. The van der Waals surface area contributed by atoms with Gasteiger partial charge in [0.1, 0.15) is 0 Å². The SMILES string of the molecule is CC(C)NCc1cccc(F)c1O. The molecule has 0 amide bonds. The van der Waals surface area contributed by atoms with E-state index in [4.69, 9.17) is 0 Å². The van der Waals surface area contributed by atoms with Crippen LogP contribution in [0.1, 0.15) is 19.4 Å². The molecule has 0 saturated carbocycles. The lowest BCUT2D eigenvalue weighted by Crippen LogP contribution is -2.21. The Labute approximate surface area is 77.4 Å². The van der Waals surface area contributed by atoms with Gasteiger partial charge in [0.15, 0.2) is 11.6 Å². The highest BCUT2D eigenvalue weighted by Gasteiger charge is 2.05. The van der Waals surface area contributed by atoms with E-state index in [0.29, 0.717) is 18.2 Å². The molecule has 0 radical (unpaired) electrons. The van der Waals surface area contributed by atoms with Crippen LogP contribution in [0.4, 0.5) is 4.39 Å². The van der Waals surface area contributed by atoms with Crippen LogP contribution in [0.15, 0.2) is 18.2 Å². The van der Waals surface area contributed by atoms with Gasteiger partial charge in [0, 0.05) is 18.2 Å². The first-order valence-corrected chi connectivity index (χ1v) is 4.31. The highest BCUT2D eigenvalue weighted by Crippen LogP contribution is 2.20. The van der Waals surface area contributed by atoms with Crippen molar-refractivity contribution in [3.8, 4) is 5.75 Å². The zero-order valence-electron chi connectivity index (χ0n) is 7.84. The normalized spacial score (nSPS) is 10.8. The van der Waals surface area contributed by atoms with E-state index in [9.17, 15) is 9.50 Å². The molecule has 2 nitrogen and oxygen atoms in total. The van der Waals surface area contributed by atoms with Crippen molar-refractivity contribution in [2.45, 2.75) is 26.4 Å². The molecular formula is C10H14FNO. The molecule has 0 bridgehead atoms. The lowest BCUT2D eigenvalue weighted by atomic mass is 10.2. The van der Waals surface area contributed by atoms with Crippen LogP contribution in [0.5, 0.6) is 5.75 Å². The Kier molecular flexibility index (Phi) is 3.25. The molecule has 3 heteroatoms. The summed E-state index contributed by atoms with van der Waals surface area (Å²) >= 11 is 0. The average Bonchev–Trinajstić information content (AvgIpc) is 2.07. The maximum atomic E-state index is 12.8. The zero-order chi connectivity index (χ0) is 9.84. The molecule has 1 aromatic rings. The number of aromatic hydroxyl groups is 1. The van der Waals surface area contributed by atoms with Crippen molar-refractivity contribution in [1.29, 1.82) is 0 Å². The van der Waals surface area contributed by atoms with Crippen molar-refractivity contribution < 1.29 is 9.50 Å². The van der Waals surface area contributed by atoms with Crippen LogP contribution in [0.3, 0.4) is 0 Å². The van der Waals surface area contributed by atoms with Crippen molar-refractivity contribution in [1.82, 2.24) is 5.32 Å². The zero-order valence-corrected chi connectivity index (χ0v) is 7.84. The fourth-order valence-corrected chi connectivity index (χ4v) is 1.02. The number of hydrogen-bond acceptors (Lipinski definition) is 2. The predicted molar refractivity (Wildman–Crippen MR) is 50.0 cm³/mol. The molecule has 0 spiro atoms. The van der Waals surface area contributed by atoms with E-state index < -0.39 is 5.82 Å². The number of para-hydroxylation sites is 1. The van der Waals surface area contributed by atoms with E-state index in [-0.39, 0.29) is 5.75 Å². The topological polar surface area (TPSA) is 32.3 Å². The van der Waals surface area contributed by atoms with Crippen molar-refractivity contribution in [2.24, 2.45) is 0 Å². The molecule has 2 N–H and O–H groups in total. The lowest BCUT2D eigenvalue weighted by Gasteiger charge is -2.09. The molecule has 1 rings (SSSR count). The number of halogens is 1. The summed E-state index contributed by atoms with van der Waals surface area (Å²) in [7, 11) is 0. The highest BCUT2D eigenvalue weighted by molar-refractivity contribution is 5.33. The van der Waals surface area contributed by atoms with E-state index in [1.807, 2.05) is 13.8 Å². The molecule has 0 aromatic heterocycles. The molecule has 0 aliphatic heterocycles. The highest BCUT2D eigenvalue weighted by atomic mass is 19.1. The number of phenols is 1. The minimum Gasteiger partial charge on any atom is -0.505 e. The van der Waals surface area contributed by atoms with E-state index >= 15 is 0 Å². The first-order valence-electron chi connectivity index (χ1n) is 4.31. The second kappa shape index (κ2) is 4.23. The number of phenolic OH excluding ortho intramolecular Hbond substituents is 1. The average molecular weight is 183 g/mol. The van der Waals surface area contributed by atoms with Crippen LogP contribution in [0, 0.1) is 5.82 Å². The van der Waals surface area contributed by atoms with Gasteiger partial charge in [-0.15, -0.1) is 0 Å². The fourth-order valence-electron chi connectivity index (χ4n) is 1.02. The monoisotopic (exact) mass is 183 g/mol. The lowest BCUT2D eigenvalue weighted by molar-refractivity contribution is 0.421. The van der Waals surface area contributed by atoms with Crippen LogP contribution in [0.25, 0.3) is 0 Å². The van der Waals surface area contributed by atoms with Gasteiger partial charge in [0.2, 0.25) is 0 Å². The van der Waals surface area contributed by atoms with Gasteiger partial charge in [-0.25, -0.2) is 4.39 Å². The van der Waals surface area contributed by atoms with Crippen LogP contribution in [0.2, 0.25) is 0 Å². The summed E-state index contributed by atoms with van der Waals surface area (Å²) in [6, 6.07) is 4.86. The molecule has 0 fully saturated rings. The summed E-state index contributed by atoms with van der Waals surface area (Å²) in [6.45, 7) is 4.48. The summed E-state index contributed by atoms with van der Waals surface area (Å²) in [5, 5.41) is 12.4. The van der Waals surface area contributed by atoms with Crippen molar-refractivity contribution >= 4 is 0 Å². The Morgan fingerprint density at radius 3 is 2.77 bits per heavy atom. The van der Waals surface area contributed by atoms with Crippen LogP contribution in [-0.2, 0) is 6.54 Å². The standard InChI is InChI=1S/C10H14FNO/c1-7(2)12-6-8-4-3-5-9(11)10(8)13/h3-5,7,12-13H,6H2,1-2H3.